The van der Waals surface area contributed by atoms with Gasteiger partial charge in [-0.3, -0.25) is 4.79 Å². The monoisotopic (exact) mass is 381 g/mol. The lowest BCUT2D eigenvalue weighted by molar-refractivity contribution is -0.119. The van der Waals surface area contributed by atoms with Gasteiger partial charge in [-0.05, 0) is 43.0 Å². The van der Waals surface area contributed by atoms with Crippen LogP contribution in [-0.4, -0.2) is 23.6 Å². The average Bonchev–Trinajstić information content (AvgIpc) is 3.25. The summed E-state index contributed by atoms with van der Waals surface area (Å²) in [5.41, 5.74) is 2.87. The topological polar surface area (TPSA) is 90.5 Å². The minimum atomic E-state index is -0.773. The van der Waals surface area contributed by atoms with Gasteiger partial charge in [0.05, 0.1) is 6.10 Å². The first-order chi connectivity index (χ1) is 13.5. The molecule has 1 aliphatic rings. The maximum absolute atomic E-state index is 12.4. The molecule has 0 bridgehead atoms. The molecule has 28 heavy (non-hydrogen) atoms. The highest BCUT2D eigenvalue weighted by Crippen LogP contribution is 2.28. The molecule has 0 heterocycles. The van der Waals surface area contributed by atoms with E-state index in [1.54, 1.807) is 12.1 Å². The Hall–Kier alpha value is -2.86. The van der Waals surface area contributed by atoms with E-state index in [0.29, 0.717) is 11.4 Å². The Morgan fingerprint density at radius 2 is 1.64 bits per heavy atom. The number of anilines is 2. The third-order valence-corrected chi connectivity index (χ3v) is 5.21. The third kappa shape index (κ3) is 5.10. The van der Waals surface area contributed by atoms with E-state index in [1.807, 2.05) is 43.3 Å². The molecular formula is C22H27N3O3. The van der Waals surface area contributed by atoms with Gasteiger partial charge in [0.15, 0.2) is 0 Å². The third-order valence-electron chi connectivity index (χ3n) is 5.21. The zero-order valence-corrected chi connectivity index (χ0v) is 16.1. The van der Waals surface area contributed by atoms with Gasteiger partial charge < -0.3 is 21.1 Å². The van der Waals surface area contributed by atoms with Gasteiger partial charge in [-0.2, -0.15) is 0 Å². The van der Waals surface area contributed by atoms with E-state index >= 15 is 0 Å². The summed E-state index contributed by atoms with van der Waals surface area (Å²) >= 11 is 0. The number of hydrogen-bond acceptors (Lipinski definition) is 3. The summed E-state index contributed by atoms with van der Waals surface area (Å²) in [5, 5.41) is 18.6. The molecule has 4 N–H and O–H groups in total. The Kier molecular flexibility index (Phi) is 6.66. The smallest absolute Gasteiger partial charge is 0.319 e. The number of rotatable bonds is 6. The molecule has 0 spiro atoms. The highest BCUT2D eigenvalue weighted by Gasteiger charge is 2.23. The van der Waals surface area contributed by atoms with Gasteiger partial charge in [0.25, 0.3) is 0 Å². The summed E-state index contributed by atoms with van der Waals surface area (Å²) in [4.78, 5) is 24.6. The van der Waals surface area contributed by atoms with Crippen LogP contribution < -0.4 is 16.0 Å². The lowest BCUT2D eigenvalue weighted by Crippen LogP contribution is -2.32. The second-order valence-electron chi connectivity index (χ2n) is 7.21. The second-order valence-corrected chi connectivity index (χ2v) is 7.21. The summed E-state index contributed by atoms with van der Waals surface area (Å²) in [6.07, 6.45) is 3.32. The number of aliphatic hydroxyl groups is 1. The van der Waals surface area contributed by atoms with E-state index in [1.165, 1.54) is 0 Å². The number of carbonyl (C=O) groups is 2. The molecule has 2 aromatic rings. The molecule has 0 aliphatic heterocycles. The van der Waals surface area contributed by atoms with Crippen LogP contribution >= 0.6 is 0 Å². The molecule has 3 rings (SSSR count). The average molecular weight is 381 g/mol. The van der Waals surface area contributed by atoms with Crippen molar-refractivity contribution in [1.82, 2.24) is 5.32 Å². The van der Waals surface area contributed by atoms with Gasteiger partial charge in [0.1, 0.15) is 0 Å². The van der Waals surface area contributed by atoms with Crippen LogP contribution in [0, 0.1) is 12.8 Å². The molecule has 0 radical (unpaired) electrons. The van der Waals surface area contributed by atoms with Crippen molar-refractivity contribution in [2.24, 2.45) is 5.92 Å². The Labute approximate surface area is 165 Å². The molecule has 3 amide bonds. The van der Waals surface area contributed by atoms with Crippen LogP contribution in [0.15, 0.2) is 48.5 Å². The minimum absolute atomic E-state index is 0.0492. The number of urea groups is 1. The van der Waals surface area contributed by atoms with Gasteiger partial charge in [0.2, 0.25) is 5.91 Å². The highest BCUT2D eigenvalue weighted by atomic mass is 16.3. The van der Waals surface area contributed by atoms with E-state index in [2.05, 4.69) is 16.0 Å². The van der Waals surface area contributed by atoms with Crippen LogP contribution in [-0.2, 0) is 4.79 Å². The van der Waals surface area contributed by atoms with Crippen LogP contribution in [0.3, 0.4) is 0 Å². The summed E-state index contributed by atoms with van der Waals surface area (Å²) in [7, 11) is 0. The first kappa shape index (κ1) is 19.9. The van der Waals surface area contributed by atoms with Crippen molar-refractivity contribution in [1.29, 1.82) is 0 Å². The zero-order valence-electron chi connectivity index (χ0n) is 16.1. The molecule has 1 saturated carbocycles. The quantitative estimate of drug-likeness (QED) is 0.610. The first-order valence-corrected chi connectivity index (χ1v) is 9.73. The van der Waals surface area contributed by atoms with Gasteiger partial charge in [0, 0.05) is 23.8 Å². The number of benzene rings is 2. The first-order valence-electron chi connectivity index (χ1n) is 9.73. The van der Waals surface area contributed by atoms with Crippen molar-refractivity contribution >= 4 is 23.3 Å². The second kappa shape index (κ2) is 9.37. The van der Waals surface area contributed by atoms with Crippen LogP contribution in [0.2, 0.25) is 0 Å². The molecule has 1 atom stereocenters. The molecule has 0 unspecified atom stereocenters. The number of amides is 3. The number of aliphatic hydroxyl groups excluding tert-OH is 1. The summed E-state index contributed by atoms with van der Waals surface area (Å²) < 4.78 is 0. The van der Waals surface area contributed by atoms with Crippen molar-refractivity contribution in [3.63, 3.8) is 0 Å². The van der Waals surface area contributed by atoms with Crippen molar-refractivity contribution in [2.45, 2.75) is 38.7 Å². The molecular weight excluding hydrogens is 354 g/mol. The summed E-state index contributed by atoms with van der Waals surface area (Å²) in [6, 6.07) is 14.2. The Bertz CT molecular complexity index is 817. The molecule has 148 valence electrons. The van der Waals surface area contributed by atoms with Gasteiger partial charge in [-0.15, -0.1) is 0 Å². The van der Waals surface area contributed by atoms with Crippen molar-refractivity contribution < 1.29 is 14.7 Å². The van der Waals surface area contributed by atoms with Crippen LogP contribution in [0.25, 0.3) is 0 Å². The molecule has 0 saturated heterocycles. The van der Waals surface area contributed by atoms with Gasteiger partial charge in [-0.1, -0.05) is 49.2 Å². The van der Waals surface area contributed by atoms with E-state index in [4.69, 9.17) is 0 Å². The van der Waals surface area contributed by atoms with Crippen molar-refractivity contribution in [3.8, 4) is 0 Å². The summed E-state index contributed by atoms with van der Waals surface area (Å²) in [5.74, 6) is 0.131. The Morgan fingerprint density at radius 1 is 1.00 bits per heavy atom. The molecule has 6 heteroatoms. The summed E-state index contributed by atoms with van der Waals surface area (Å²) in [6.45, 7) is 1.96. The maximum atomic E-state index is 12.4. The van der Waals surface area contributed by atoms with E-state index < -0.39 is 12.1 Å². The van der Waals surface area contributed by atoms with Gasteiger partial charge in [-0.25, -0.2) is 4.79 Å². The SMILES string of the molecule is Cc1c(NC(=O)NC[C@@H](O)c2ccccc2)cccc1NC(=O)C1CCCC1. The number of carbonyl (C=O) groups excluding carboxylic acids is 2. The molecule has 6 nitrogen and oxygen atoms in total. The normalized spacial score (nSPS) is 15.1. The molecule has 1 fully saturated rings. The van der Waals surface area contributed by atoms with Crippen LogP contribution in [0.1, 0.15) is 42.9 Å². The van der Waals surface area contributed by atoms with Crippen molar-refractivity contribution in [2.75, 3.05) is 17.2 Å². The maximum Gasteiger partial charge on any atom is 0.319 e. The number of hydrogen-bond donors (Lipinski definition) is 4. The molecule has 0 aromatic heterocycles. The Morgan fingerprint density at radius 3 is 2.32 bits per heavy atom. The highest BCUT2D eigenvalue weighted by molar-refractivity contribution is 5.96. The van der Waals surface area contributed by atoms with E-state index in [0.717, 1.165) is 36.8 Å². The molecule has 1 aliphatic carbocycles. The van der Waals surface area contributed by atoms with Gasteiger partial charge >= 0.3 is 6.03 Å². The lowest BCUT2D eigenvalue weighted by Gasteiger charge is -2.16. The van der Waals surface area contributed by atoms with Crippen LogP contribution in [0.4, 0.5) is 16.2 Å². The predicted molar refractivity (Wildman–Crippen MR) is 110 cm³/mol. The molecule has 2 aromatic carbocycles. The van der Waals surface area contributed by atoms with E-state index in [9.17, 15) is 14.7 Å². The minimum Gasteiger partial charge on any atom is -0.387 e. The van der Waals surface area contributed by atoms with E-state index in [-0.39, 0.29) is 18.4 Å². The zero-order chi connectivity index (χ0) is 19.9. The number of nitrogens with one attached hydrogen (secondary N) is 3. The lowest BCUT2D eigenvalue weighted by atomic mass is 10.1. The largest absolute Gasteiger partial charge is 0.387 e. The Balaban J connectivity index is 1.56. The predicted octanol–water partition coefficient (Wildman–Crippen LogP) is 3.98. The van der Waals surface area contributed by atoms with Crippen molar-refractivity contribution in [3.05, 3.63) is 59.7 Å². The fourth-order valence-corrected chi connectivity index (χ4v) is 3.48. The van der Waals surface area contributed by atoms with Crippen LogP contribution in [0.5, 0.6) is 0 Å². The fourth-order valence-electron chi connectivity index (χ4n) is 3.48. The fraction of sp³-hybridized carbons (Fsp3) is 0.364. The standard InChI is InChI=1S/C22H27N3O3/c1-15-18(24-21(27)17-10-5-6-11-17)12-7-13-19(15)25-22(28)23-14-20(26)16-8-3-2-4-9-16/h2-4,7-9,12-13,17,20,26H,5-6,10-11,14H2,1H3,(H,24,27)(H2,23,25,28)/t20-/m1/s1.